The molecule has 1 saturated carbocycles. The number of nitrogens with zero attached hydrogens (tertiary/aromatic N) is 1. The number of hydrogen-bond donors (Lipinski definition) is 2. The number of anilines is 1. The molecule has 1 aromatic heterocycles. The van der Waals surface area contributed by atoms with Crippen molar-refractivity contribution in [1.82, 2.24) is 4.98 Å². The minimum atomic E-state index is -0.348. The zero-order valence-corrected chi connectivity index (χ0v) is 10.6. The Morgan fingerprint density at radius 2 is 2.44 bits per heavy atom. The molecule has 0 amide bonds. The average Bonchev–Trinajstić information content (AvgIpc) is 3.21. The smallest absolute Gasteiger partial charge is 0.341 e. The van der Waals surface area contributed by atoms with Gasteiger partial charge in [0.1, 0.15) is 11.4 Å². The van der Waals surface area contributed by atoms with E-state index in [1.54, 1.807) is 25.3 Å². The fraction of sp³-hybridized carbons (Fsp3) is 0.538. The van der Waals surface area contributed by atoms with E-state index in [0.717, 1.165) is 0 Å². The van der Waals surface area contributed by atoms with Gasteiger partial charge in [-0.3, -0.25) is 0 Å². The van der Waals surface area contributed by atoms with Gasteiger partial charge >= 0.3 is 5.97 Å². The maximum atomic E-state index is 11.8. The number of ether oxygens (including phenoxy) is 1. The number of rotatable bonds is 6. The number of hydrogen-bond acceptors (Lipinski definition) is 5. The molecule has 1 aliphatic rings. The third-order valence-electron chi connectivity index (χ3n) is 3.07. The molecule has 2 rings (SSSR count). The van der Waals surface area contributed by atoms with Gasteiger partial charge < -0.3 is 15.8 Å². The third-order valence-corrected chi connectivity index (χ3v) is 3.07. The fourth-order valence-electron chi connectivity index (χ4n) is 1.94. The van der Waals surface area contributed by atoms with Crippen LogP contribution in [-0.2, 0) is 4.74 Å². The lowest BCUT2D eigenvalue weighted by molar-refractivity contribution is 0.0527. The van der Waals surface area contributed by atoms with Gasteiger partial charge in [0.25, 0.3) is 0 Å². The summed E-state index contributed by atoms with van der Waals surface area (Å²) < 4.78 is 5.01. The van der Waals surface area contributed by atoms with Crippen LogP contribution in [0.2, 0.25) is 0 Å². The Balaban J connectivity index is 2.13. The maximum absolute atomic E-state index is 11.8. The highest BCUT2D eigenvalue weighted by molar-refractivity contribution is 5.94. The van der Waals surface area contributed by atoms with Crippen LogP contribution >= 0.6 is 0 Å². The number of carbonyl (C=O) groups excluding carboxylic acids is 1. The molecule has 1 aliphatic carbocycles. The standard InChI is InChI=1S/C13H19N3O2/c1-2-18-13(17)10-4-3-7-15-12(10)16-11(8-14)9-5-6-9/h3-4,7,9,11H,2,5-6,8,14H2,1H3,(H,15,16). The first-order valence-corrected chi connectivity index (χ1v) is 6.35. The molecular formula is C13H19N3O2. The Hall–Kier alpha value is -1.62. The summed E-state index contributed by atoms with van der Waals surface area (Å²) in [5.74, 6) is 0.824. The van der Waals surface area contributed by atoms with Crippen LogP contribution in [0.3, 0.4) is 0 Å². The number of nitrogens with two attached hydrogens (primary N) is 1. The van der Waals surface area contributed by atoms with Gasteiger partial charge in [0.2, 0.25) is 0 Å². The monoisotopic (exact) mass is 249 g/mol. The summed E-state index contributed by atoms with van der Waals surface area (Å²) in [6.45, 7) is 2.69. The van der Waals surface area contributed by atoms with Gasteiger partial charge in [-0.25, -0.2) is 9.78 Å². The van der Waals surface area contributed by atoms with E-state index in [-0.39, 0.29) is 12.0 Å². The van der Waals surface area contributed by atoms with Gasteiger partial charge in [0, 0.05) is 18.8 Å². The lowest BCUT2D eigenvalue weighted by Crippen LogP contribution is -2.32. The van der Waals surface area contributed by atoms with Crippen molar-refractivity contribution >= 4 is 11.8 Å². The normalized spacial score (nSPS) is 16.1. The summed E-state index contributed by atoms with van der Waals surface area (Å²) in [6.07, 6.45) is 4.04. The summed E-state index contributed by atoms with van der Waals surface area (Å²) in [7, 11) is 0. The summed E-state index contributed by atoms with van der Waals surface area (Å²) in [5, 5.41) is 3.26. The Kier molecular flexibility index (Phi) is 4.15. The lowest BCUT2D eigenvalue weighted by atomic mass is 10.1. The molecule has 0 bridgehead atoms. The topological polar surface area (TPSA) is 77.2 Å². The van der Waals surface area contributed by atoms with Crippen LogP contribution in [0.1, 0.15) is 30.1 Å². The van der Waals surface area contributed by atoms with Crippen molar-refractivity contribution < 1.29 is 9.53 Å². The first kappa shape index (κ1) is 12.8. The Morgan fingerprint density at radius 1 is 1.67 bits per heavy atom. The summed E-state index contributed by atoms with van der Waals surface area (Å²) in [6, 6.07) is 3.63. The Bertz CT molecular complexity index is 418. The molecule has 0 aromatic carbocycles. The van der Waals surface area contributed by atoms with E-state index in [1.807, 2.05) is 0 Å². The van der Waals surface area contributed by atoms with Gasteiger partial charge in [-0.2, -0.15) is 0 Å². The van der Waals surface area contributed by atoms with Crippen molar-refractivity contribution in [2.75, 3.05) is 18.5 Å². The molecule has 0 aliphatic heterocycles. The summed E-state index contributed by atoms with van der Waals surface area (Å²) >= 11 is 0. The molecule has 0 saturated heterocycles. The molecule has 0 spiro atoms. The van der Waals surface area contributed by atoms with Gasteiger partial charge in [-0.05, 0) is 37.8 Å². The number of esters is 1. The Labute approximate surface area is 107 Å². The second-order valence-corrected chi connectivity index (χ2v) is 4.44. The van der Waals surface area contributed by atoms with E-state index in [9.17, 15) is 4.79 Å². The summed E-state index contributed by atoms with van der Waals surface area (Å²) in [4.78, 5) is 16.0. The first-order valence-electron chi connectivity index (χ1n) is 6.35. The van der Waals surface area contributed by atoms with E-state index < -0.39 is 0 Å². The first-order chi connectivity index (χ1) is 8.76. The van der Waals surface area contributed by atoms with E-state index in [0.29, 0.717) is 30.5 Å². The van der Waals surface area contributed by atoms with Crippen molar-refractivity contribution in [2.24, 2.45) is 11.7 Å². The second kappa shape index (κ2) is 5.82. The van der Waals surface area contributed by atoms with Crippen molar-refractivity contribution in [2.45, 2.75) is 25.8 Å². The minimum Gasteiger partial charge on any atom is -0.462 e. The molecular weight excluding hydrogens is 230 g/mol. The van der Waals surface area contributed by atoms with Crippen LogP contribution < -0.4 is 11.1 Å². The van der Waals surface area contributed by atoms with Crippen molar-refractivity contribution in [1.29, 1.82) is 0 Å². The predicted octanol–water partition coefficient (Wildman–Crippen LogP) is 1.41. The number of carbonyl (C=O) groups is 1. The van der Waals surface area contributed by atoms with E-state index in [1.165, 1.54) is 12.8 Å². The SMILES string of the molecule is CCOC(=O)c1cccnc1NC(CN)C1CC1. The molecule has 18 heavy (non-hydrogen) atoms. The van der Waals surface area contributed by atoms with Crippen LogP contribution in [0.25, 0.3) is 0 Å². The summed E-state index contributed by atoms with van der Waals surface area (Å²) in [5.41, 5.74) is 6.21. The maximum Gasteiger partial charge on any atom is 0.341 e. The molecule has 3 N–H and O–H groups in total. The highest BCUT2D eigenvalue weighted by atomic mass is 16.5. The number of pyridine rings is 1. The van der Waals surface area contributed by atoms with E-state index >= 15 is 0 Å². The molecule has 1 fully saturated rings. The lowest BCUT2D eigenvalue weighted by Gasteiger charge is -2.18. The molecule has 0 radical (unpaired) electrons. The zero-order valence-electron chi connectivity index (χ0n) is 10.6. The number of nitrogens with one attached hydrogen (secondary N) is 1. The molecule has 5 heteroatoms. The molecule has 1 aromatic rings. The predicted molar refractivity (Wildman–Crippen MR) is 69.4 cm³/mol. The zero-order chi connectivity index (χ0) is 13.0. The van der Waals surface area contributed by atoms with Crippen LogP contribution in [0.15, 0.2) is 18.3 Å². The molecule has 5 nitrogen and oxygen atoms in total. The molecule has 1 atom stereocenters. The molecule has 1 unspecified atom stereocenters. The van der Waals surface area contributed by atoms with Gasteiger partial charge in [-0.1, -0.05) is 0 Å². The number of aromatic nitrogens is 1. The van der Waals surface area contributed by atoms with Crippen LogP contribution in [0, 0.1) is 5.92 Å². The van der Waals surface area contributed by atoms with Crippen LogP contribution in [-0.4, -0.2) is 30.1 Å². The fourth-order valence-corrected chi connectivity index (χ4v) is 1.94. The van der Waals surface area contributed by atoms with E-state index in [4.69, 9.17) is 10.5 Å². The second-order valence-electron chi connectivity index (χ2n) is 4.44. The van der Waals surface area contributed by atoms with E-state index in [2.05, 4.69) is 10.3 Å². The third kappa shape index (κ3) is 2.98. The van der Waals surface area contributed by atoms with Crippen molar-refractivity contribution in [3.05, 3.63) is 23.9 Å². The van der Waals surface area contributed by atoms with Crippen molar-refractivity contribution in [3.8, 4) is 0 Å². The minimum absolute atomic E-state index is 0.188. The molecule has 1 heterocycles. The van der Waals surface area contributed by atoms with Crippen molar-refractivity contribution in [3.63, 3.8) is 0 Å². The van der Waals surface area contributed by atoms with Gasteiger partial charge in [0.15, 0.2) is 0 Å². The molecule has 98 valence electrons. The highest BCUT2D eigenvalue weighted by Crippen LogP contribution is 2.34. The quantitative estimate of drug-likeness (QED) is 0.745. The Morgan fingerprint density at radius 3 is 3.06 bits per heavy atom. The average molecular weight is 249 g/mol. The van der Waals surface area contributed by atoms with Gasteiger partial charge in [-0.15, -0.1) is 0 Å². The van der Waals surface area contributed by atoms with Gasteiger partial charge in [0.05, 0.1) is 6.61 Å². The van der Waals surface area contributed by atoms with Crippen LogP contribution in [0.4, 0.5) is 5.82 Å². The van der Waals surface area contributed by atoms with Crippen LogP contribution in [0.5, 0.6) is 0 Å². The highest BCUT2D eigenvalue weighted by Gasteiger charge is 2.31. The largest absolute Gasteiger partial charge is 0.462 e.